The Balaban J connectivity index is 0.00000361. The third kappa shape index (κ3) is 5.77. The molecule has 1 rings (SSSR count). The highest BCUT2D eigenvalue weighted by atomic mass is 127. The molecule has 0 aliphatic rings. The zero-order valence-corrected chi connectivity index (χ0v) is 14.7. The number of carbonyl (C=O) groups is 1. The number of guanidine groups is 1. The number of nitrogens with zero attached hydrogens (tertiary/aromatic N) is 1. The number of hydrogen-bond acceptors (Lipinski definition) is 2. The van der Waals surface area contributed by atoms with Crippen molar-refractivity contribution in [1.82, 2.24) is 0 Å². The number of carbonyl (C=O) groups excluding carboxylic acids is 1. The standard InChI is InChI=1S/C14H22N4O.HI/c1-9-5-10(2)7-11(6-9)18-13(16)17-8-14(3,4)12(15)19;/h5-7H,8H2,1-4H3,(H2,15,19)(H3,16,17,18);1H. The summed E-state index contributed by atoms with van der Waals surface area (Å²) in [7, 11) is 0. The van der Waals surface area contributed by atoms with Crippen molar-refractivity contribution in [3.8, 4) is 0 Å². The normalized spacial score (nSPS) is 11.7. The predicted molar refractivity (Wildman–Crippen MR) is 94.4 cm³/mol. The number of aliphatic imine (C=N–C) groups is 1. The Hall–Kier alpha value is -1.31. The third-order valence-electron chi connectivity index (χ3n) is 2.81. The molecule has 0 atom stereocenters. The Labute approximate surface area is 137 Å². The van der Waals surface area contributed by atoms with Gasteiger partial charge >= 0.3 is 0 Å². The zero-order valence-electron chi connectivity index (χ0n) is 12.4. The maximum Gasteiger partial charge on any atom is 0.224 e. The molecular formula is C14H23IN4O. The highest BCUT2D eigenvalue weighted by Gasteiger charge is 2.24. The number of rotatable bonds is 4. The lowest BCUT2D eigenvalue weighted by atomic mass is 9.93. The first-order valence-corrected chi connectivity index (χ1v) is 6.16. The Bertz CT molecular complexity index is 492. The van der Waals surface area contributed by atoms with E-state index in [-0.39, 0.29) is 36.5 Å². The molecule has 0 fully saturated rings. The van der Waals surface area contributed by atoms with E-state index in [9.17, 15) is 4.79 Å². The smallest absolute Gasteiger partial charge is 0.224 e. The van der Waals surface area contributed by atoms with Crippen molar-refractivity contribution in [3.63, 3.8) is 0 Å². The molecule has 0 aliphatic carbocycles. The number of anilines is 1. The molecule has 112 valence electrons. The molecule has 0 aromatic heterocycles. The van der Waals surface area contributed by atoms with E-state index < -0.39 is 11.3 Å². The summed E-state index contributed by atoms with van der Waals surface area (Å²) in [6, 6.07) is 6.04. The van der Waals surface area contributed by atoms with Gasteiger partial charge in [-0.3, -0.25) is 9.79 Å². The molecule has 0 spiro atoms. The van der Waals surface area contributed by atoms with Crippen LogP contribution in [0.15, 0.2) is 23.2 Å². The highest BCUT2D eigenvalue weighted by molar-refractivity contribution is 14.0. The largest absolute Gasteiger partial charge is 0.370 e. The zero-order chi connectivity index (χ0) is 14.6. The van der Waals surface area contributed by atoms with E-state index in [1.54, 1.807) is 13.8 Å². The summed E-state index contributed by atoms with van der Waals surface area (Å²) < 4.78 is 0. The van der Waals surface area contributed by atoms with Gasteiger partial charge in [0.15, 0.2) is 5.96 Å². The van der Waals surface area contributed by atoms with E-state index in [2.05, 4.69) is 16.4 Å². The average molecular weight is 390 g/mol. The summed E-state index contributed by atoms with van der Waals surface area (Å²) >= 11 is 0. The molecule has 0 saturated heterocycles. The van der Waals surface area contributed by atoms with Gasteiger partial charge in [0.1, 0.15) is 0 Å². The molecular weight excluding hydrogens is 367 g/mol. The van der Waals surface area contributed by atoms with Crippen LogP contribution < -0.4 is 16.8 Å². The van der Waals surface area contributed by atoms with E-state index in [1.807, 2.05) is 26.0 Å². The summed E-state index contributed by atoms with van der Waals surface area (Å²) in [5, 5.41) is 3.01. The maximum atomic E-state index is 11.2. The average Bonchev–Trinajstić information content (AvgIpc) is 2.24. The Morgan fingerprint density at radius 3 is 2.15 bits per heavy atom. The second-order valence-electron chi connectivity index (χ2n) is 5.45. The summed E-state index contributed by atoms with van der Waals surface area (Å²) in [4.78, 5) is 15.3. The fourth-order valence-corrected chi connectivity index (χ4v) is 1.59. The van der Waals surface area contributed by atoms with Gasteiger partial charge in [-0.2, -0.15) is 0 Å². The minimum absolute atomic E-state index is 0. The molecule has 0 unspecified atom stereocenters. The molecule has 20 heavy (non-hydrogen) atoms. The number of nitrogens with two attached hydrogens (primary N) is 2. The van der Waals surface area contributed by atoms with E-state index in [4.69, 9.17) is 11.5 Å². The quantitative estimate of drug-likeness (QED) is 0.418. The number of amides is 1. The van der Waals surface area contributed by atoms with Crippen LogP contribution in [-0.4, -0.2) is 18.4 Å². The van der Waals surface area contributed by atoms with E-state index >= 15 is 0 Å². The third-order valence-corrected chi connectivity index (χ3v) is 2.81. The van der Waals surface area contributed by atoms with Gasteiger partial charge in [-0.25, -0.2) is 0 Å². The molecule has 0 aliphatic heterocycles. The van der Waals surface area contributed by atoms with Gasteiger partial charge in [0.05, 0.1) is 12.0 Å². The van der Waals surface area contributed by atoms with Crippen molar-refractivity contribution in [2.45, 2.75) is 27.7 Å². The van der Waals surface area contributed by atoms with Crippen molar-refractivity contribution in [1.29, 1.82) is 0 Å². The molecule has 0 bridgehead atoms. The van der Waals surface area contributed by atoms with E-state index in [0.29, 0.717) is 0 Å². The number of halogens is 1. The number of hydrogen-bond donors (Lipinski definition) is 3. The van der Waals surface area contributed by atoms with Gasteiger partial charge in [0, 0.05) is 5.69 Å². The lowest BCUT2D eigenvalue weighted by molar-refractivity contribution is -0.125. The van der Waals surface area contributed by atoms with Crippen LogP contribution in [0.4, 0.5) is 5.69 Å². The molecule has 5 N–H and O–H groups in total. The van der Waals surface area contributed by atoms with Crippen LogP contribution in [0.25, 0.3) is 0 Å². The van der Waals surface area contributed by atoms with Crippen molar-refractivity contribution >= 4 is 41.5 Å². The van der Waals surface area contributed by atoms with E-state index in [1.165, 1.54) is 0 Å². The van der Waals surface area contributed by atoms with Crippen LogP contribution in [0.1, 0.15) is 25.0 Å². The number of nitrogens with one attached hydrogen (secondary N) is 1. The SMILES string of the molecule is Cc1cc(C)cc(NC(N)=NCC(C)(C)C(N)=O)c1.I. The first-order chi connectivity index (χ1) is 8.70. The maximum absolute atomic E-state index is 11.2. The molecule has 1 aromatic rings. The van der Waals surface area contributed by atoms with Gasteiger partial charge in [0.25, 0.3) is 0 Å². The predicted octanol–water partition coefficient (Wildman–Crippen LogP) is 2.16. The van der Waals surface area contributed by atoms with Gasteiger partial charge in [-0.05, 0) is 51.0 Å². The monoisotopic (exact) mass is 390 g/mol. The topological polar surface area (TPSA) is 93.5 Å². The van der Waals surface area contributed by atoms with Gasteiger partial charge in [-0.1, -0.05) is 6.07 Å². The van der Waals surface area contributed by atoms with Gasteiger partial charge < -0.3 is 16.8 Å². The second kappa shape index (κ2) is 7.47. The minimum atomic E-state index is -0.700. The number of aryl methyl sites for hydroxylation is 2. The van der Waals surface area contributed by atoms with Crippen LogP contribution in [0.3, 0.4) is 0 Å². The molecule has 0 radical (unpaired) electrons. The molecule has 0 heterocycles. The van der Waals surface area contributed by atoms with Crippen molar-refractivity contribution in [3.05, 3.63) is 29.3 Å². The second-order valence-corrected chi connectivity index (χ2v) is 5.45. The fraction of sp³-hybridized carbons (Fsp3) is 0.429. The van der Waals surface area contributed by atoms with Crippen LogP contribution in [0, 0.1) is 19.3 Å². The summed E-state index contributed by atoms with van der Waals surface area (Å²) in [6.07, 6.45) is 0. The van der Waals surface area contributed by atoms with Crippen LogP contribution >= 0.6 is 24.0 Å². The van der Waals surface area contributed by atoms with Gasteiger partial charge in [0.2, 0.25) is 5.91 Å². The van der Waals surface area contributed by atoms with Crippen molar-refractivity contribution < 1.29 is 4.79 Å². The Kier molecular flexibility index (Phi) is 6.98. The molecule has 5 nitrogen and oxygen atoms in total. The van der Waals surface area contributed by atoms with Gasteiger partial charge in [-0.15, -0.1) is 24.0 Å². The van der Waals surface area contributed by atoms with Crippen LogP contribution in [-0.2, 0) is 4.79 Å². The Morgan fingerprint density at radius 1 is 1.20 bits per heavy atom. The molecule has 1 amide bonds. The number of benzene rings is 1. The highest BCUT2D eigenvalue weighted by Crippen LogP contribution is 2.15. The summed E-state index contributed by atoms with van der Waals surface area (Å²) in [5.74, 6) is -0.116. The minimum Gasteiger partial charge on any atom is -0.370 e. The molecule has 6 heteroatoms. The lowest BCUT2D eigenvalue weighted by Crippen LogP contribution is -2.35. The number of primary amides is 1. The molecule has 0 saturated carbocycles. The van der Waals surface area contributed by atoms with Crippen LogP contribution in [0.5, 0.6) is 0 Å². The Morgan fingerprint density at radius 2 is 1.70 bits per heavy atom. The molecule has 1 aromatic carbocycles. The summed E-state index contributed by atoms with van der Waals surface area (Å²) in [6.45, 7) is 7.77. The van der Waals surface area contributed by atoms with Crippen molar-refractivity contribution in [2.75, 3.05) is 11.9 Å². The first kappa shape index (κ1) is 18.7. The lowest BCUT2D eigenvalue weighted by Gasteiger charge is -2.17. The van der Waals surface area contributed by atoms with Crippen LogP contribution in [0.2, 0.25) is 0 Å². The first-order valence-electron chi connectivity index (χ1n) is 6.16. The summed E-state index contributed by atoms with van der Waals surface area (Å²) in [5.41, 5.74) is 13.6. The fourth-order valence-electron chi connectivity index (χ4n) is 1.59. The van der Waals surface area contributed by atoms with Crippen molar-refractivity contribution in [2.24, 2.45) is 21.9 Å². The van der Waals surface area contributed by atoms with E-state index in [0.717, 1.165) is 16.8 Å².